The second-order valence-corrected chi connectivity index (χ2v) is 5.16. The molecule has 118 valence electrons. The molecule has 0 aliphatic carbocycles. The van der Waals surface area contributed by atoms with Crippen molar-refractivity contribution in [2.75, 3.05) is 21.3 Å². The lowest BCUT2D eigenvalue weighted by Gasteiger charge is -2.17. The number of methoxy groups -OCH3 is 3. The molecule has 1 rings (SSSR count). The van der Waals surface area contributed by atoms with Crippen molar-refractivity contribution in [3.8, 4) is 11.5 Å². The first-order valence-corrected chi connectivity index (χ1v) is 7.06. The molecule has 0 radical (unpaired) electrons. The van der Waals surface area contributed by atoms with Crippen LogP contribution in [-0.2, 0) is 16.0 Å². The Labute approximate surface area is 126 Å². The van der Waals surface area contributed by atoms with Crippen molar-refractivity contribution >= 4 is 5.97 Å². The Kier molecular flexibility index (Phi) is 7.02. The van der Waals surface area contributed by atoms with Gasteiger partial charge in [0.1, 0.15) is 6.04 Å². The highest BCUT2D eigenvalue weighted by Crippen LogP contribution is 2.32. The Morgan fingerprint density at radius 2 is 1.95 bits per heavy atom. The lowest BCUT2D eigenvalue weighted by molar-refractivity contribution is -0.142. The van der Waals surface area contributed by atoms with Crippen molar-refractivity contribution < 1.29 is 19.0 Å². The van der Waals surface area contributed by atoms with Crippen LogP contribution in [0.4, 0.5) is 0 Å². The number of ether oxygens (including phenoxy) is 3. The van der Waals surface area contributed by atoms with Gasteiger partial charge in [-0.2, -0.15) is 0 Å². The maximum Gasteiger partial charge on any atom is 0.322 e. The van der Waals surface area contributed by atoms with Crippen molar-refractivity contribution in [2.24, 2.45) is 11.7 Å². The van der Waals surface area contributed by atoms with Crippen molar-refractivity contribution in [1.29, 1.82) is 0 Å². The number of carbonyl (C=O) groups is 1. The fourth-order valence-electron chi connectivity index (χ4n) is 2.35. The predicted molar refractivity (Wildman–Crippen MR) is 81.6 cm³/mol. The molecule has 0 spiro atoms. The Bertz CT molecular complexity index is 462. The summed E-state index contributed by atoms with van der Waals surface area (Å²) in [6, 6.07) is 5.28. The van der Waals surface area contributed by atoms with Crippen LogP contribution in [-0.4, -0.2) is 33.3 Å². The van der Waals surface area contributed by atoms with E-state index in [2.05, 4.69) is 11.7 Å². The molecule has 21 heavy (non-hydrogen) atoms. The van der Waals surface area contributed by atoms with Gasteiger partial charge in [0, 0.05) is 0 Å². The summed E-state index contributed by atoms with van der Waals surface area (Å²) in [5, 5.41) is 0. The van der Waals surface area contributed by atoms with Crippen molar-refractivity contribution in [1.82, 2.24) is 0 Å². The van der Waals surface area contributed by atoms with E-state index in [0.29, 0.717) is 12.3 Å². The molecule has 0 aliphatic rings. The van der Waals surface area contributed by atoms with E-state index < -0.39 is 6.04 Å². The summed E-state index contributed by atoms with van der Waals surface area (Å²) >= 11 is 0. The number of nitrogens with two attached hydrogens (primary N) is 1. The molecule has 0 aromatic heterocycles. The van der Waals surface area contributed by atoms with Crippen LogP contribution in [0.5, 0.6) is 11.5 Å². The van der Waals surface area contributed by atoms with Crippen LogP contribution in [0, 0.1) is 5.92 Å². The highest BCUT2D eigenvalue weighted by Gasteiger charge is 2.18. The van der Waals surface area contributed by atoms with Crippen LogP contribution < -0.4 is 15.2 Å². The van der Waals surface area contributed by atoms with Crippen molar-refractivity contribution in [3.05, 3.63) is 23.8 Å². The highest BCUT2D eigenvalue weighted by atomic mass is 16.5. The van der Waals surface area contributed by atoms with Crippen molar-refractivity contribution in [3.63, 3.8) is 0 Å². The van der Waals surface area contributed by atoms with E-state index in [1.807, 2.05) is 18.2 Å². The third kappa shape index (κ3) is 4.93. The number of carbonyl (C=O) groups excluding carboxylic acids is 1. The number of benzene rings is 1. The fourth-order valence-corrected chi connectivity index (χ4v) is 2.35. The van der Waals surface area contributed by atoms with E-state index in [-0.39, 0.29) is 5.97 Å². The number of rotatable bonds is 8. The summed E-state index contributed by atoms with van der Waals surface area (Å²) in [5.74, 6) is 1.45. The van der Waals surface area contributed by atoms with Gasteiger partial charge in [0.2, 0.25) is 0 Å². The molecule has 5 nitrogen and oxygen atoms in total. The van der Waals surface area contributed by atoms with E-state index in [4.69, 9.17) is 15.2 Å². The summed E-state index contributed by atoms with van der Waals surface area (Å²) in [7, 11) is 4.62. The van der Waals surface area contributed by atoms with Gasteiger partial charge >= 0.3 is 5.97 Å². The highest BCUT2D eigenvalue weighted by molar-refractivity contribution is 5.75. The van der Waals surface area contributed by atoms with Gasteiger partial charge in [-0.15, -0.1) is 0 Å². The maximum absolute atomic E-state index is 11.3. The molecule has 0 saturated carbocycles. The van der Waals surface area contributed by atoms with Crippen LogP contribution in [0.3, 0.4) is 0 Å². The van der Waals surface area contributed by atoms with Crippen LogP contribution >= 0.6 is 0 Å². The van der Waals surface area contributed by atoms with Gasteiger partial charge in [0.15, 0.2) is 11.5 Å². The molecule has 1 aromatic rings. The number of hydrogen-bond donors (Lipinski definition) is 1. The summed E-state index contributed by atoms with van der Waals surface area (Å²) in [5.41, 5.74) is 6.87. The molecule has 5 heteroatoms. The molecule has 0 heterocycles. The lowest BCUT2D eigenvalue weighted by Crippen LogP contribution is -2.33. The smallest absolute Gasteiger partial charge is 0.322 e. The summed E-state index contributed by atoms with van der Waals surface area (Å²) in [6.07, 6.45) is 2.36. The van der Waals surface area contributed by atoms with E-state index >= 15 is 0 Å². The average molecular weight is 295 g/mol. The lowest BCUT2D eigenvalue weighted by atomic mass is 9.94. The zero-order valence-corrected chi connectivity index (χ0v) is 13.2. The fraction of sp³-hybridized carbons (Fsp3) is 0.562. The Morgan fingerprint density at radius 1 is 1.24 bits per heavy atom. The van der Waals surface area contributed by atoms with E-state index in [9.17, 15) is 4.79 Å². The molecule has 0 amide bonds. The first kappa shape index (κ1) is 17.3. The summed E-state index contributed by atoms with van der Waals surface area (Å²) in [6.45, 7) is 2.08. The molecule has 0 fully saturated rings. The molecule has 2 atom stereocenters. The molecular weight excluding hydrogens is 270 g/mol. The van der Waals surface area contributed by atoms with Gasteiger partial charge in [0.25, 0.3) is 0 Å². The molecule has 2 unspecified atom stereocenters. The molecular formula is C16H25NO4. The second kappa shape index (κ2) is 8.52. The van der Waals surface area contributed by atoms with Gasteiger partial charge in [-0.3, -0.25) is 4.79 Å². The zero-order valence-electron chi connectivity index (χ0n) is 13.2. The largest absolute Gasteiger partial charge is 0.493 e. The molecule has 0 saturated heterocycles. The number of hydrogen-bond acceptors (Lipinski definition) is 5. The minimum atomic E-state index is -0.558. The van der Waals surface area contributed by atoms with Gasteiger partial charge in [-0.25, -0.2) is 0 Å². The van der Waals surface area contributed by atoms with Crippen LogP contribution in [0.2, 0.25) is 0 Å². The topological polar surface area (TPSA) is 70.8 Å². The van der Waals surface area contributed by atoms with Crippen molar-refractivity contribution in [2.45, 2.75) is 32.2 Å². The number of para-hydroxylation sites is 1. The number of esters is 1. The minimum absolute atomic E-state index is 0.315. The Morgan fingerprint density at radius 3 is 2.52 bits per heavy atom. The van der Waals surface area contributed by atoms with E-state index in [1.54, 1.807) is 14.2 Å². The molecule has 0 aliphatic heterocycles. The summed E-state index contributed by atoms with van der Waals surface area (Å²) < 4.78 is 15.3. The first-order chi connectivity index (χ1) is 10.0. The molecule has 1 aromatic carbocycles. The maximum atomic E-state index is 11.3. The van der Waals surface area contributed by atoms with Gasteiger partial charge in [0.05, 0.1) is 21.3 Å². The van der Waals surface area contributed by atoms with Crippen LogP contribution in [0.25, 0.3) is 0 Å². The van der Waals surface area contributed by atoms with Gasteiger partial charge in [-0.1, -0.05) is 19.1 Å². The molecule has 2 N–H and O–H groups in total. The Balaban J connectivity index is 2.61. The molecule has 0 bridgehead atoms. The standard InChI is InChI=1S/C16H25NO4/c1-11(10-13(17)16(18)21-4)8-9-12-6-5-7-14(19-2)15(12)20-3/h5-7,11,13H,8-10,17H2,1-4H3. The van der Waals surface area contributed by atoms with E-state index in [0.717, 1.165) is 29.9 Å². The monoisotopic (exact) mass is 295 g/mol. The third-order valence-electron chi connectivity index (χ3n) is 3.55. The van der Waals surface area contributed by atoms with Crippen LogP contribution in [0.15, 0.2) is 18.2 Å². The van der Waals surface area contributed by atoms with Gasteiger partial charge in [-0.05, 0) is 36.8 Å². The number of aryl methyl sites for hydroxylation is 1. The predicted octanol–water partition coefficient (Wildman–Crippen LogP) is 2.16. The van der Waals surface area contributed by atoms with E-state index in [1.165, 1.54) is 7.11 Å². The normalized spacial score (nSPS) is 13.4. The van der Waals surface area contributed by atoms with Gasteiger partial charge < -0.3 is 19.9 Å². The van der Waals surface area contributed by atoms with Crippen LogP contribution in [0.1, 0.15) is 25.3 Å². The SMILES string of the molecule is COC(=O)C(N)CC(C)CCc1cccc(OC)c1OC. The Hall–Kier alpha value is -1.75. The average Bonchev–Trinajstić information content (AvgIpc) is 2.51. The second-order valence-electron chi connectivity index (χ2n) is 5.16. The minimum Gasteiger partial charge on any atom is -0.493 e. The first-order valence-electron chi connectivity index (χ1n) is 7.06. The quantitative estimate of drug-likeness (QED) is 0.744. The summed E-state index contributed by atoms with van der Waals surface area (Å²) in [4.78, 5) is 11.3. The third-order valence-corrected chi connectivity index (χ3v) is 3.55. The zero-order chi connectivity index (χ0) is 15.8.